The van der Waals surface area contributed by atoms with Crippen LogP contribution in [-0.4, -0.2) is 60.8 Å². The molecular formula is H6AlBO8Si. The van der Waals surface area contributed by atoms with Gasteiger partial charge in [0.15, 0.2) is 0 Å². The second kappa shape index (κ2) is 16.4. The Hall–Kier alpha value is -0.306. The Morgan fingerprint density at radius 2 is 1.18 bits per heavy atom. The summed E-state index contributed by atoms with van der Waals surface area (Å²) in [5.74, 6) is 0. The van der Waals surface area contributed by atoms with E-state index in [-0.39, 0.29) is 0 Å². The minimum absolute atomic E-state index is 1.50. The first kappa shape index (κ1) is 17.0. The van der Waals surface area contributed by atoms with Crippen molar-refractivity contribution in [3.8, 4) is 0 Å². The molecule has 0 fully saturated rings. The molecule has 0 unspecified atom stereocenters. The molecule has 0 saturated carbocycles. The van der Waals surface area contributed by atoms with Gasteiger partial charge in [0.05, 0.1) is 0 Å². The van der Waals surface area contributed by atoms with Gasteiger partial charge in [0, 0.05) is 0 Å². The molecule has 0 heterocycles. The number of rotatable bonds is 0. The molecule has 8 nitrogen and oxygen atoms in total. The summed E-state index contributed by atoms with van der Waals surface area (Å²) in [5, 5.41) is 21.5. The topological polar surface area (TPSA) is 156 Å². The van der Waals surface area contributed by atoms with Crippen molar-refractivity contribution in [3.63, 3.8) is 0 Å². The van der Waals surface area contributed by atoms with Crippen LogP contribution < -0.4 is 0 Å². The molecule has 0 aromatic heterocycles. The van der Waals surface area contributed by atoms with E-state index in [1.807, 2.05) is 0 Å². The van der Waals surface area contributed by atoms with Gasteiger partial charge in [0.1, 0.15) is 0 Å². The van der Waals surface area contributed by atoms with E-state index in [4.69, 9.17) is 37.1 Å². The summed E-state index contributed by atoms with van der Waals surface area (Å²) in [6.45, 7) is 0. The van der Waals surface area contributed by atoms with Crippen LogP contribution in [0.2, 0.25) is 0 Å². The van der Waals surface area contributed by atoms with E-state index in [9.17, 15) is 0 Å². The molecule has 11 heavy (non-hydrogen) atoms. The average molecular weight is 200 g/mol. The Labute approximate surface area is 69.7 Å². The first-order valence-electron chi connectivity index (χ1n) is 1.92. The second-order valence-corrected chi connectivity index (χ2v) is 1.51. The molecule has 6 N–H and O–H groups in total. The Morgan fingerprint density at radius 1 is 1.18 bits per heavy atom. The molecule has 0 radical (unpaired) electrons. The van der Waals surface area contributed by atoms with Crippen molar-refractivity contribution in [2.75, 3.05) is 0 Å². The van der Waals surface area contributed by atoms with Gasteiger partial charge in [0.2, 0.25) is 0 Å². The summed E-state index contributed by atoms with van der Waals surface area (Å²) < 4.78 is 24.4. The number of hydrogen-bond acceptors (Lipinski definition) is 5. The van der Waals surface area contributed by atoms with Gasteiger partial charge in [-0.25, -0.2) is 0 Å². The van der Waals surface area contributed by atoms with Gasteiger partial charge >= 0.3 is 39.9 Å². The van der Waals surface area contributed by atoms with Crippen LogP contribution >= 0.6 is 0 Å². The van der Waals surface area contributed by atoms with Gasteiger partial charge < -0.3 is 24.7 Å². The van der Waals surface area contributed by atoms with Gasteiger partial charge in [-0.1, -0.05) is 0 Å². The zero-order valence-electron chi connectivity index (χ0n) is 5.15. The predicted octanol–water partition coefficient (Wildman–Crippen LogP) is -4.72. The molecule has 0 aromatic rings. The van der Waals surface area contributed by atoms with E-state index in [0.29, 0.717) is 0 Å². The fourth-order valence-corrected chi connectivity index (χ4v) is 0. The zero-order chi connectivity index (χ0) is 9.86. The van der Waals surface area contributed by atoms with E-state index < -0.39 is 32.0 Å². The molecule has 0 aromatic carbocycles. The summed E-state index contributed by atoms with van der Waals surface area (Å²) in [7, 11) is -5.30. The molecule has 0 spiro atoms. The molecule has 0 saturated heterocycles. The third-order valence-corrected chi connectivity index (χ3v) is 0. The third-order valence-electron chi connectivity index (χ3n) is 0. The molecule has 0 amide bonds. The van der Waals surface area contributed by atoms with Crippen molar-refractivity contribution in [2.45, 2.75) is 0 Å². The van der Waals surface area contributed by atoms with Gasteiger partial charge in [-0.15, -0.1) is 0 Å². The van der Waals surface area contributed by atoms with Crippen molar-refractivity contribution < 1.29 is 37.1 Å². The standard InChI is InChI=1S/Al.BH3O3.H2O3Si.H2O.O/c;2-1(3)4;1-4(2)3;;/h;2-4H;1-2H;1H2;/q+1;;;;/p-1. The maximum atomic E-state index is 8.74. The van der Waals surface area contributed by atoms with Gasteiger partial charge in [-0.2, -0.15) is 0 Å². The first-order chi connectivity index (χ1) is 4.88. The molecule has 0 bridgehead atoms. The molecule has 0 rings (SSSR count). The van der Waals surface area contributed by atoms with Crippen molar-refractivity contribution in [2.24, 2.45) is 0 Å². The van der Waals surface area contributed by atoms with Gasteiger partial charge in [0.25, 0.3) is 0 Å². The van der Waals surface area contributed by atoms with Crippen LogP contribution in [0.15, 0.2) is 0 Å². The molecule has 64 valence electrons. The minimum atomic E-state index is -3.13. The van der Waals surface area contributed by atoms with Crippen LogP contribution in [0.3, 0.4) is 0 Å². The average Bonchev–Trinajstić information content (AvgIpc) is 1.60. The van der Waals surface area contributed by atoms with E-state index in [2.05, 4.69) is 0 Å². The summed E-state index contributed by atoms with van der Waals surface area (Å²) in [5.41, 5.74) is 0. The molecule has 0 aliphatic rings. The zero-order valence-corrected chi connectivity index (χ0v) is 7.31. The maximum absolute atomic E-state index is 8.74. The van der Waals surface area contributed by atoms with Crippen molar-refractivity contribution in [1.29, 1.82) is 0 Å². The van der Waals surface area contributed by atoms with Crippen LogP contribution in [-0.2, 0) is 8.27 Å². The Kier molecular flexibility index (Phi) is 25.2. The fourth-order valence-electron chi connectivity index (χ4n) is 0. The Bertz CT molecular complexity index is 85.3. The Morgan fingerprint density at radius 3 is 1.18 bits per heavy atom. The van der Waals surface area contributed by atoms with Gasteiger partial charge in [-0.3, -0.25) is 4.46 Å². The van der Waals surface area contributed by atoms with Crippen LogP contribution in [0.4, 0.5) is 0 Å². The fraction of sp³-hybridized carbons (Fsp3) is 0. The van der Waals surface area contributed by atoms with E-state index in [1.165, 1.54) is 0 Å². The summed E-state index contributed by atoms with van der Waals surface area (Å²) >= 11 is -1.50. The Balaban J connectivity index is -0.0000000886. The van der Waals surface area contributed by atoms with Crippen molar-refractivity contribution in [1.82, 2.24) is 0 Å². The molecule has 0 atom stereocenters. The number of hydrogen-bond donors (Lipinski definition) is 6. The molecule has 11 heteroatoms. The monoisotopic (exact) mass is 200 g/mol. The predicted molar refractivity (Wildman–Crippen MR) is 31.9 cm³/mol. The summed E-state index contributed by atoms with van der Waals surface area (Å²) in [6.07, 6.45) is 0. The van der Waals surface area contributed by atoms with Crippen LogP contribution in [0.1, 0.15) is 0 Å². The van der Waals surface area contributed by atoms with E-state index in [1.54, 1.807) is 0 Å². The molecule has 0 aliphatic heterocycles. The summed E-state index contributed by atoms with van der Waals surface area (Å²) in [4.78, 5) is 14.3. The SMILES string of the molecule is O=[Si](O)O.OB(O)O.[O]=[Al][OH]. The summed E-state index contributed by atoms with van der Waals surface area (Å²) in [6, 6.07) is 0. The van der Waals surface area contributed by atoms with Crippen LogP contribution in [0.25, 0.3) is 0 Å². The van der Waals surface area contributed by atoms with Crippen LogP contribution in [0, 0.1) is 0 Å². The molecular weight excluding hydrogens is 194 g/mol. The molecule has 0 aliphatic carbocycles. The first-order valence-corrected chi connectivity index (χ1v) is 4.21. The normalized spacial score (nSPS) is 5.36. The van der Waals surface area contributed by atoms with E-state index in [0.717, 1.165) is 0 Å². The van der Waals surface area contributed by atoms with Crippen molar-refractivity contribution in [3.05, 3.63) is 0 Å². The van der Waals surface area contributed by atoms with E-state index >= 15 is 0 Å². The quantitative estimate of drug-likeness (QED) is 0.213. The third kappa shape index (κ3) is 6140. The van der Waals surface area contributed by atoms with Crippen LogP contribution in [0.5, 0.6) is 0 Å². The van der Waals surface area contributed by atoms with Gasteiger partial charge in [-0.05, 0) is 0 Å². The second-order valence-electron chi connectivity index (χ2n) is 0.734. The van der Waals surface area contributed by atoms with Crippen molar-refractivity contribution >= 4 is 32.0 Å².